The van der Waals surface area contributed by atoms with Crippen LogP contribution in [0.15, 0.2) is 18.2 Å². The highest BCUT2D eigenvalue weighted by Gasteiger charge is 2.30. The molecular weight excluding hydrogens is 278 g/mol. The van der Waals surface area contributed by atoms with Gasteiger partial charge in [-0.2, -0.15) is 0 Å². The molecule has 1 atom stereocenters. The summed E-state index contributed by atoms with van der Waals surface area (Å²) >= 11 is 0. The lowest BCUT2D eigenvalue weighted by molar-refractivity contribution is 0.171. The fraction of sp³-hybridized carbons (Fsp3) is 0.571. The molecule has 2 heterocycles. The Morgan fingerprint density at radius 1 is 1.25 bits per heavy atom. The Balaban J connectivity index is 1.68. The van der Waals surface area contributed by atoms with E-state index in [-0.39, 0.29) is 11.8 Å². The zero-order valence-electron chi connectivity index (χ0n) is 11.5. The number of nitrogens with zero attached hydrogens (tertiary/aromatic N) is 1. The number of rotatable bonds is 3. The van der Waals surface area contributed by atoms with E-state index in [0.717, 1.165) is 30.0 Å². The van der Waals surface area contributed by atoms with Gasteiger partial charge >= 0.3 is 0 Å². The van der Waals surface area contributed by atoms with Crippen molar-refractivity contribution in [3.05, 3.63) is 23.8 Å². The minimum Gasteiger partial charge on any atom is -0.486 e. The Morgan fingerprint density at radius 3 is 2.70 bits per heavy atom. The van der Waals surface area contributed by atoms with Crippen molar-refractivity contribution in [1.82, 2.24) is 4.90 Å². The average molecular weight is 297 g/mol. The number of sulfone groups is 1. The maximum absolute atomic E-state index is 11.5. The van der Waals surface area contributed by atoms with Crippen LogP contribution in [0, 0.1) is 0 Å². The molecule has 0 saturated carbocycles. The van der Waals surface area contributed by atoms with E-state index in [1.54, 1.807) is 0 Å². The molecule has 1 fully saturated rings. The van der Waals surface area contributed by atoms with Crippen LogP contribution in [-0.2, 0) is 16.4 Å². The molecule has 0 N–H and O–H groups in total. The van der Waals surface area contributed by atoms with E-state index in [2.05, 4.69) is 4.90 Å². The van der Waals surface area contributed by atoms with Crippen molar-refractivity contribution in [3.8, 4) is 11.5 Å². The van der Waals surface area contributed by atoms with Gasteiger partial charge in [-0.1, -0.05) is 6.07 Å². The zero-order valence-corrected chi connectivity index (χ0v) is 12.4. The Morgan fingerprint density at radius 2 is 2.00 bits per heavy atom. The number of hydrogen-bond acceptors (Lipinski definition) is 5. The van der Waals surface area contributed by atoms with Gasteiger partial charge in [0.05, 0.1) is 11.5 Å². The molecule has 0 radical (unpaired) electrons. The summed E-state index contributed by atoms with van der Waals surface area (Å²) in [6, 6.07) is 6.03. The van der Waals surface area contributed by atoms with Crippen molar-refractivity contribution in [3.63, 3.8) is 0 Å². The van der Waals surface area contributed by atoms with E-state index in [4.69, 9.17) is 9.47 Å². The molecule has 5 nitrogen and oxygen atoms in total. The monoisotopic (exact) mass is 297 g/mol. The molecule has 1 aromatic carbocycles. The molecule has 20 heavy (non-hydrogen) atoms. The van der Waals surface area contributed by atoms with Gasteiger partial charge in [-0.05, 0) is 31.2 Å². The summed E-state index contributed by atoms with van der Waals surface area (Å²) in [5.74, 6) is 2.14. The van der Waals surface area contributed by atoms with Crippen LogP contribution in [0.25, 0.3) is 0 Å². The second kappa shape index (κ2) is 5.26. The molecule has 0 bridgehead atoms. The van der Waals surface area contributed by atoms with E-state index in [9.17, 15) is 8.42 Å². The summed E-state index contributed by atoms with van der Waals surface area (Å²) < 4.78 is 34.1. The van der Waals surface area contributed by atoms with Gasteiger partial charge < -0.3 is 9.47 Å². The van der Waals surface area contributed by atoms with Crippen LogP contribution in [0.1, 0.15) is 12.0 Å². The summed E-state index contributed by atoms with van der Waals surface area (Å²) in [5, 5.41) is 0. The van der Waals surface area contributed by atoms with Crippen LogP contribution in [0.2, 0.25) is 0 Å². The fourth-order valence-electron chi connectivity index (χ4n) is 2.73. The second-order valence-electron chi connectivity index (χ2n) is 5.45. The number of benzene rings is 1. The van der Waals surface area contributed by atoms with Crippen molar-refractivity contribution in [2.24, 2.45) is 0 Å². The summed E-state index contributed by atoms with van der Waals surface area (Å²) in [6.45, 7) is 1.89. The van der Waals surface area contributed by atoms with Gasteiger partial charge in [0, 0.05) is 12.6 Å². The fourth-order valence-corrected chi connectivity index (χ4v) is 4.53. The molecular formula is C14H19NO4S. The third kappa shape index (κ3) is 2.91. The summed E-state index contributed by atoms with van der Waals surface area (Å²) in [7, 11) is -0.859. The topological polar surface area (TPSA) is 55.8 Å². The van der Waals surface area contributed by atoms with Crippen molar-refractivity contribution in [1.29, 1.82) is 0 Å². The number of fused-ring (bicyclic) bond motifs is 1. The molecule has 2 aliphatic rings. The van der Waals surface area contributed by atoms with Gasteiger partial charge in [-0.3, -0.25) is 4.90 Å². The normalized spacial score (nSPS) is 24.0. The van der Waals surface area contributed by atoms with E-state index >= 15 is 0 Å². The third-order valence-electron chi connectivity index (χ3n) is 3.87. The lowest BCUT2D eigenvalue weighted by atomic mass is 10.1. The van der Waals surface area contributed by atoms with E-state index in [1.807, 2.05) is 25.2 Å². The van der Waals surface area contributed by atoms with Crippen LogP contribution in [-0.4, -0.2) is 51.1 Å². The Kier molecular flexibility index (Phi) is 3.60. The first-order valence-electron chi connectivity index (χ1n) is 6.83. The minimum absolute atomic E-state index is 0.119. The van der Waals surface area contributed by atoms with Gasteiger partial charge in [0.2, 0.25) is 0 Å². The molecule has 0 spiro atoms. The molecule has 1 aromatic rings. The molecule has 3 rings (SSSR count). The van der Waals surface area contributed by atoms with E-state index in [1.165, 1.54) is 0 Å². The SMILES string of the molecule is CN(Cc1ccc2c(c1)OCCO2)C1CCS(=O)(=O)C1. The molecule has 0 aliphatic carbocycles. The van der Waals surface area contributed by atoms with Crippen LogP contribution in [0.4, 0.5) is 0 Å². The largest absolute Gasteiger partial charge is 0.486 e. The molecule has 2 aliphatic heterocycles. The number of hydrogen-bond donors (Lipinski definition) is 0. The molecule has 1 saturated heterocycles. The second-order valence-corrected chi connectivity index (χ2v) is 7.68. The maximum Gasteiger partial charge on any atom is 0.161 e. The highest BCUT2D eigenvalue weighted by molar-refractivity contribution is 7.91. The van der Waals surface area contributed by atoms with Crippen LogP contribution in [0.5, 0.6) is 11.5 Å². The van der Waals surface area contributed by atoms with Gasteiger partial charge in [0.15, 0.2) is 21.3 Å². The molecule has 1 unspecified atom stereocenters. The van der Waals surface area contributed by atoms with Crippen molar-refractivity contribution < 1.29 is 17.9 Å². The zero-order chi connectivity index (χ0) is 14.2. The van der Waals surface area contributed by atoms with E-state index < -0.39 is 9.84 Å². The lowest BCUT2D eigenvalue weighted by Crippen LogP contribution is -2.32. The van der Waals surface area contributed by atoms with Crippen molar-refractivity contribution in [2.75, 3.05) is 31.8 Å². The van der Waals surface area contributed by atoms with Crippen LogP contribution in [0.3, 0.4) is 0 Å². The highest BCUT2D eigenvalue weighted by Crippen LogP contribution is 2.31. The van der Waals surface area contributed by atoms with Crippen molar-refractivity contribution >= 4 is 9.84 Å². The molecule has 0 amide bonds. The van der Waals surface area contributed by atoms with Crippen molar-refractivity contribution in [2.45, 2.75) is 19.0 Å². The third-order valence-corrected chi connectivity index (χ3v) is 5.62. The van der Waals surface area contributed by atoms with Gasteiger partial charge in [-0.15, -0.1) is 0 Å². The minimum atomic E-state index is -2.83. The van der Waals surface area contributed by atoms with Crippen LogP contribution < -0.4 is 9.47 Å². The Labute approximate surface area is 119 Å². The standard InChI is InChI=1S/C14H19NO4S/c1-15(12-4-7-20(16,17)10-12)9-11-2-3-13-14(8-11)19-6-5-18-13/h2-3,8,12H,4-7,9-10H2,1H3. The van der Waals surface area contributed by atoms with Gasteiger partial charge in [0.1, 0.15) is 13.2 Å². The number of ether oxygens (including phenoxy) is 2. The predicted octanol–water partition coefficient (Wildman–Crippen LogP) is 1.08. The Bertz CT molecular complexity index is 599. The first kappa shape index (κ1) is 13.7. The highest BCUT2D eigenvalue weighted by atomic mass is 32.2. The quantitative estimate of drug-likeness (QED) is 0.835. The molecule has 6 heteroatoms. The average Bonchev–Trinajstić information content (AvgIpc) is 2.79. The van der Waals surface area contributed by atoms with Gasteiger partial charge in [-0.25, -0.2) is 8.42 Å². The lowest BCUT2D eigenvalue weighted by Gasteiger charge is -2.24. The summed E-state index contributed by atoms with van der Waals surface area (Å²) in [4.78, 5) is 2.11. The molecule has 110 valence electrons. The summed E-state index contributed by atoms with van der Waals surface area (Å²) in [6.07, 6.45) is 0.726. The summed E-state index contributed by atoms with van der Waals surface area (Å²) in [5.41, 5.74) is 1.11. The predicted molar refractivity (Wildman–Crippen MR) is 76.0 cm³/mol. The first-order valence-corrected chi connectivity index (χ1v) is 8.65. The smallest absolute Gasteiger partial charge is 0.161 e. The Hall–Kier alpha value is -1.27. The van der Waals surface area contributed by atoms with Gasteiger partial charge in [0.25, 0.3) is 0 Å². The molecule has 0 aromatic heterocycles. The van der Waals surface area contributed by atoms with Crippen LogP contribution >= 0.6 is 0 Å². The first-order chi connectivity index (χ1) is 9.53. The van der Waals surface area contributed by atoms with E-state index in [0.29, 0.717) is 19.0 Å². The maximum atomic E-state index is 11.5.